The van der Waals surface area contributed by atoms with Crippen LogP contribution in [0.15, 0.2) is 59.0 Å². The highest BCUT2D eigenvalue weighted by Gasteiger charge is 2.31. The molecule has 1 aliphatic heterocycles. The van der Waals surface area contributed by atoms with Gasteiger partial charge in [0.1, 0.15) is 0 Å². The van der Waals surface area contributed by atoms with Gasteiger partial charge in [-0.1, -0.05) is 45.0 Å². The lowest BCUT2D eigenvalue weighted by Crippen LogP contribution is -2.39. The molecule has 2 aromatic heterocycles. The summed E-state index contributed by atoms with van der Waals surface area (Å²) in [6, 6.07) is 13.8. The first-order valence-electron chi connectivity index (χ1n) is 15.7. The van der Waals surface area contributed by atoms with E-state index >= 15 is 0 Å². The lowest BCUT2D eigenvalue weighted by Gasteiger charge is -2.34. The van der Waals surface area contributed by atoms with E-state index in [1.54, 1.807) is 6.20 Å². The number of H-pyrrole nitrogens is 1. The summed E-state index contributed by atoms with van der Waals surface area (Å²) in [6.07, 6.45) is 8.30. The minimum Gasteiger partial charge on any atom is -0.389 e. The second-order valence-electron chi connectivity index (χ2n) is 13.6. The highest BCUT2D eigenvalue weighted by Crippen LogP contribution is 2.39. The maximum Gasteiger partial charge on any atom is 0.247 e. The number of nitrogens with one attached hydrogen (secondary N) is 2. The van der Waals surface area contributed by atoms with Crippen LogP contribution in [0.2, 0.25) is 0 Å². The number of aromatic amines is 1. The van der Waals surface area contributed by atoms with Crippen LogP contribution in [0, 0.1) is 11.3 Å². The minimum absolute atomic E-state index is 0.0161. The Balaban J connectivity index is 1.18. The third-order valence-electron chi connectivity index (χ3n) is 9.65. The smallest absolute Gasteiger partial charge is 0.247 e. The molecule has 3 heterocycles. The number of aliphatic hydroxyl groups is 1. The lowest BCUT2D eigenvalue weighted by atomic mass is 9.71. The van der Waals surface area contributed by atoms with Crippen LogP contribution in [0.3, 0.4) is 0 Å². The number of nitrogens with zero attached hydrogens (tertiary/aromatic N) is 1. The van der Waals surface area contributed by atoms with E-state index in [0.29, 0.717) is 38.5 Å². The van der Waals surface area contributed by atoms with Crippen molar-refractivity contribution >= 4 is 11.9 Å². The number of pyridine rings is 2. The Kier molecular flexibility index (Phi) is 8.49. The van der Waals surface area contributed by atoms with Crippen molar-refractivity contribution in [2.45, 2.75) is 77.4 Å². The third-order valence-corrected chi connectivity index (χ3v) is 9.65. The standard InChI is InChI=1S/C36H43N3O4/c1-36(2,3)29-9-10-30-27(16-29)14-26-15-28(17-31(26)39-30)33(40)18-24(12-13-37-32-20-43-21-34(32)41)22-4-6-23(7-5-22)25-8-11-35(42)38-19-25/h4-8,11,14-15,19,24,29,32,34,37,41H,9-10,12-13,16-18,20-21H2,1-3H3,(H,38,42)/t24-,29-,32-,34-/m0/s1. The van der Waals surface area contributed by atoms with Crippen molar-refractivity contribution in [1.82, 2.24) is 15.3 Å². The van der Waals surface area contributed by atoms with Gasteiger partial charge in [0.15, 0.2) is 5.78 Å². The van der Waals surface area contributed by atoms with Gasteiger partial charge in [-0.15, -0.1) is 0 Å². The van der Waals surface area contributed by atoms with Crippen molar-refractivity contribution in [3.05, 3.63) is 92.7 Å². The molecule has 4 atom stereocenters. The molecule has 2 aliphatic carbocycles. The number of aryl methyl sites for hydroxylation is 1. The summed E-state index contributed by atoms with van der Waals surface area (Å²) in [5, 5.41) is 13.6. The fourth-order valence-corrected chi connectivity index (χ4v) is 6.79. The Labute approximate surface area is 253 Å². The topological polar surface area (TPSA) is 104 Å². The molecular formula is C36H43N3O4. The second kappa shape index (κ2) is 12.3. The van der Waals surface area contributed by atoms with Crippen LogP contribution in [-0.4, -0.2) is 52.8 Å². The number of ether oxygens (including phenoxy) is 1. The molecule has 226 valence electrons. The van der Waals surface area contributed by atoms with Crippen LogP contribution in [0.4, 0.5) is 0 Å². The molecule has 3 aliphatic rings. The van der Waals surface area contributed by atoms with Gasteiger partial charge in [0.25, 0.3) is 0 Å². The number of hydrogen-bond donors (Lipinski definition) is 3. The van der Waals surface area contributed by atoms with Gasteiger partial charge in [-0.3, -0.25) is 14.6 Å². The zero-order valence-electron chi connectivity index (χ0n) is 25.5. The van der Waals surface area contributed by atoms with Crippen molar-refractivity contribution in [1.29, 1.82) is 0 Å². The molecule has 0 saturated carbocycles. The number of fused-ring (bicyclic) bond motifs is 2. The molecule has 6 rings (SSSR count). The Bertz CT molecular complexity index is 1550. The highest BCUT2D eigenvalue weighted by molar-refractivity contribution is 6.02. The fraction of sp³-hybridized carbons (Fsp3) is 0.472. The molecule has 0 spiro atoms. The summed E-state index contributed by atoms with van der Waals surface area (Å²) in [6.45, 7) is 8.51. The van der Waals surface area contributed by atoms with Gasteiger partial charge >= 0.3 is 0 Å². The molecule has 0 unspecified atom stereocenters. The van der Waals surface area contributed by atoms with Crippen LogP contribution in [0.1, 0.15) is 74.0 Å². The average molecular weight is 582 g/mol. The number of carbonyl (C=O) groups excluding carboxylic acids is 1. The van der Waals surface area contributed by atoms with Gasteiger partial charge in [-0.2, -0.15) is 0 Å². The number of aromatic nitrogens is 2. The number of Topliss-reactive ketones (excluding diaryl/α,β-unsaturated/α-hetero) is 1. The molecule has 7 heteroatoms. The maximum atomic E-state index is 13.8. The number of carbonyl (C=O) groups is 1. The first kappa shape index (κ1) is 29.7. The van der Waals surface area contributed by atoms with Crippen LogP contribution in [0.5, 0.6) is 0 Å². The Morgan fingerprint density at radius 2 is 1.91 bits per heavy atom. The summed E-state index contributed by atoms with van der Waals surface area (Å²) in [5.41, 5.74) is 8.75. The maximum absolute atomic E-state index is 13.8. The molecule has 7 nitrogen and oxygen atoms in total. The van der Waals surface area contributed by atoms with Crippen molar-refractivity contribution < 1.29 is 14.6 Å². The van der Waals surface area contributed by atoms with E-state index in [9.17, 15) is 14.7 Å². The molecule has 1 fully saturated rings. The predicted octanol–water partition coefficient (Wildman–Crippen LogP) is 5.01. The average Bonchev–Trinajstić information content (AvgIpc) is 3.60. The van der Waals surface area contributed by atoms with E-state index in [0.717, 1.165) is 52.8 Å². The van der Waals surface area contributed by atoms with Crippen molar-refractivity contribution in [3.8, 4) is 11.1 Å². The number of ketones is 1. The summed E-state index contributed by atoms with van der Waals surface area (Å²) in [7, 11) is 0. The van der Waals surface area contributed by atoms with E-state index in [2.05, 4.69) is 55.3 Å². The molecule has 3 aromatic rings. The number of benzene rings is 1. The van der Waals surface area contributed by atoms with Crippen LogP contribution < -0.4 is 10.9 Å². The van der Waals surface area contributed by atoms with Gasteiger partial charge in [0.2, 0.25) is 5.56 Å². The van der Waals surface area contributed by atoms with Gasteiger partial charge < -0.3 is 20.1 Å². The molecule has 1 aromatic carbocycles. The van der Waals surface area contributed by atoms with E-state index in [1.165, 1.54) is 23.7 Å². The van der Waals surface area contributed by atoms with Crippen molar-refractivity contribution in [2.24, 2.45) is 11.3 Å². The van der Waals surface area contributed by atoms with Gasteiger partial charge in [-0.25, -0.2) is 0 Å². The SMILES string of the molecule is CC(C)(C)[C@H]1CCc2nc3c(cc2C1)C=C(C(=O)C[C@H](CCN[C@H]1COC[C@@H]1O)c1ccc(-c2ccc(=O)[nH]c2)cc1)C3. The third kappa shape index (κ3) is 6.74. The number of aliphatic hydroxyl groups excluding tert-OH is 1. The largest absolute Gasteiger partial charge is 0.389 e. The first-order valence-corrected chi connectivity index (χ1v) is 15.7. The highest BCUT2D eigenvalue weighted by atomic mass is 16.5. The lowest BCUT2D eigenvalue weighted by molar-refractivity contribution is -0.116. The van der Waals surface area contributed by atoms with E-state index in [-0.39, 0.29) is 28.7 Å². The Morgan fingerprint density at radius 3 is 2.60 bits per heavy atom. The van der Waals surface area contributed by atoms with Crippen LogP contribution in [-0.2, 0) is 28.8 Å². The Hall–Kier alpha value is -3.39. The molecule has 43 heavy (non-hydrogen) atoms. The summed E-state index contributed by atoms with van der Waals surface area (Å²) in [5.74, 6) is 0.832. The summed E-state index contributed by atoms with van der Waals surface area (Å²) >= 11 is 0. The number of rotatable bonds is 9. The van der Waals surface area contributed by atoms with Crippen molar-refractivity contribution in [3.63, 3.8) is 0 Å². The monoisotopic (exact) mass is 581 g/mol. The fourth-order valence-electron chi connectivity index (χ4n) is 6.79. The first-order chi connectivity index (χ1) is 20.6. The molecule has 0 amide bonds. The molecule has 3 N–H and O–H groups in total. The number of hydrogen-bond acceptors (Lipinski definition) is 6. The predicted molar refractivity (Wildman–Crippen MR) is 169 cm³/mol. The number of allylic oxidation sites excluding steroid dienone is 1. The molecule has 0 bridgehead atoms. The zero-order valence-corrected chi connectivity index (χ0v) is 25.5. The zero-order chi connectivity index (χ0) is 30.1. The second-order valence-corrected chi connectivity index (χ2v) is 13.6. The van der Waals surface area contributed by atoms with Gasteiger partial charge in [-0.05, 0) is 95.5 Å². The summed E-state index contributed by atoms with van der Waals surface area (Å²) in [4.78, 5) is 33.1. The Morgan fingerprint density at radius 1 is 1.12 bits per heavy atom. The molecular weight excluding hydrogens is 538 g/mol. The van der Waals surface area contributed by atoms with Crippen LogP contribution in [0.25, 0.3) is 17.2 Å². The molecule has 1 saturated heterocycles. The van der Waals surface area contributed by atoms with Crippen molar-refractivity contribution in [2.75, 3.05) is 19.8 Å². The van der Waals surface area contributed by atoms with Gasteiger partial charge in [0, 0.05) is 36.4 Å². The minimum atomic E-state index is -0.504. The quantitative estimate of drug-likeness (QED) is 0.328. The van der Waals surface area contributed by atoms with E-state index in [1.807, 2.05) is 18.2 Å². The van der Waals surface area contributed by atoms with E-state index < -0.39 is 6.10 Å². The summed E-state index contributed by atoms with van der Waals surface area (Å²) < 4.78 is 5.39. The normalized spacial score (nSPS) is 22.1. The van der Waals surface area contributed by atoms with Gasteiger partial charge in [0.05, 0.1) is 31.1 Å². The van der Waals surface area contributed by atoms with Crippen LogP contribution >= 0.6 is 0 Å². The van der Waals surface area contributed by atoms with E-state index in [4.69, 9.17) is 9.72 Å². The molecule has 0 radical (unpaired) electrons.